The van der Waals surface area contributed by atoms with Crippen LogP contribution in [0.25, 0.3) is 10.8 Å². The highest BCUT2D eigenvalue weighted by molar-refractivity contribution is 5.91. The maximum Gasteiger partial charge on any atom is 0.123 e. The zero-order chi connectivity index (χ0) is 14.0. The second-order valence-corrected chi connectivity index (χ2v) is 6.59. The van der Waals surface area contributed by atoms with E-state index in [0.717, 1.165) is 18.2 Å². The Morgan fingerprint density at radius 2 is 1.63 bits per heavy atom. The summed E-state index contributed by atoms with van der Waals surface area (Å²) in [4.78, 5) is 0. The van der Waals surface area contributed by atoms with E-state index in [-0.39, 0.29) is 0 Å². The van der Waals surface area contributed by atoms with Gasteiger partial charge in [-0.3, -0.25) is 0 Å². The fourth-order valence-electron chi connectivity index (χ4n) is 2.89. The van der Waals surface area contributed by atoms with E-state index in [1.165, 1.54) is 10.9 Å². The summed E-state index contributed by atoms with van der Waals surface area (Å²) in [5, 5.41) is 12.1. The lowest BCUT2D eigenvalue weighted by Crippen LogP contribution is -2.11. The van der Waals surface area contributed by atoms with Crippen LogP contribution < -0.4 is 0 Å². The average Bonchev–Trinajstić information content (AvgIpc) is 2.35. The molecule has 0 spiro atoms. The number of phenolic OH excluding ortho intramolecular Hbond substituents is 1. The molecule has 0 aromatic heterocycles. The maximum absolute atomic E-state index is 9.98. The van der Waals surface area contributed by atoms with E-state index in [1.54, 1.807) is 6.07 Å². The Bertz CT molecular complexity index is 563. The summed E-state index contributed by atoms with van der Waals surface area (Å²) in [5.74, 6) is 0.926. The van der Waals surface area contributed by atoms with Gasteiger partial charge in [0, 0.05) is 5.39 Å². The molecule has 0 aliphatic rings. The van der Waals surface area contributed by atoms with Crippen LogP contribution in [0.1, 0.15) is 52.0 Å². The van der Waals surface area contributed by atoms with E-state index >= 15 is 0 Å². The van der Waals surface area contributed by atoms with Gasteiger partial charge in [-0.25, -0.2) is 0 Å². The van der Waals surface area contributed by atoms with Crippen LogP contribution in [0.2, 0.25) is 0 Å². The molecule has 0 radical (unpaired) electrons. The van der Waals surface area contributed by atoms with E-state index < -0.39 is 0 Å². The lowest BCUT2D eigenvalue weighted by molar-refractivity contribution is 0.336. The fraction of sp³-hybridized carbons (Fsp3) is 0.444. The van der Waals surface area contributed by atoms with E-state index in [1.807, 2.05) is 12.1 Å². The van der Waals surface area contributed by atoms with Gasteiger partial charge in [0.2, 0.25) is 0 Å². The third-order valence-corrected chi connectivity index (χ3v) is 3.72. The largest absolute Gasteiger partial charge is 0.507 e. The summed E-state index contributed by atoms with van der Waals surface area (Å²) in [5.41, 5.74) is 1.69. The maximum atomic E-state index is 9.98. The van der Waals surface area contributed by atoms with E-state index in [9.17, 15) is 5.11 Å². The predicted octanol–water partition coefficient (Wildman–Crippen LogP) is 5.48. The first-order chi connectivity index (χ1) is 8.92. The van der Waals surface area contributed by atoms with Crippen molar-refractivity contribution in [2.45, 2.75) is 46.5 Å². The highest BCUT2D eigenvalue weighted by Gasteiger charge is 2.20. The summed E-state index contributed by atoms with van der Waals surface area (Å²) >= 11 is 0. The van der Waals surface area contributed by atoms with Crippen LogP contribution in [-0.4, -0.2) is 5.11 Å². The second-order valence-electron chi connectivity index (χ2n) is 6.59. The van der Waals surface area contributed by atoms with Crippen molar-refractivity contribution in [2.24, 2.45) is 5.41 Å². The van der Waals surface area contributed by atoms with Crippen LogP contribution in [0.3, 0.4) is 0 Å². The van der Waals surface area contributed by atoms with Crippen LogP contribution in [0.4, 0.5) is 0 Å². The van der Waals surface area contributed by atoms with Gasteiger partial charge in [0.05, 0.1) is 0 Å². The van der Waals surface area contributed by atoms with Gasteiger partial charge in [0.1, 0.15) is 5.75 Å². The number of fused-ring (bicyclic) bond motifs is 1. The number of phenols is 1. The monoisotopic (exact) mass is 256 g/mol. The normalized spacial score (nSPS) is 13.7. The highest BCUT2D eigenvalue weighted by Crippen LogP contribution is 2.38. The first kappa shape index (κ1) is 13.9. The number of hydrogen-bond donors (Lipinski definition) is 1. The molecule has 0 heterocycles. The molecule has 19 heavy (non-hydrogen) atoms. The number of benzene rings is 2. The third-order valence-electron chi connectivity index (χ3n) is 3.72. The molecule has 0 saturated carbocycles. The van der Waals surface area contributed by atoms with Crippen molar-refractivity contribution in [2.75, 3.05) is 0 Å². The van der Waals surface area contributed by atoms with E-state index in [4.69, 9.17) is 0 Å². The van der Waals surface area contributed by atoms with Gasteiger partial charge in [-0.2, -0.15) is 0 Å². The van der Waals surface area contributed by atoms with Gasteiger partial charge in [-0.1, -0.05) is 58.0 Å². The molecular formula is C18H24O. The zero-order valence-electron chi connectivity index (χ0n) is 12.4. The van der Waals surface area contributed by atoms with Gasteiger partial charge >= 0.3 is 0 Å². The molecular weight excluding hydrogens is 232 g/mol. The Morgan fingerprint density at radius 1 is 1.00 bits per heavy atom. The zero-order valence-corrected chi connectivity index (χ0v) is 12.4. The molecule has 1 unspecified atom stereocenters. The summed E-state index contributed by atoms with van der Waals surface area (Å²) in [6, 6.07) is 12.1. The standard InChI is InChI=1S/C18H24O/c1-5-13(12-18(2,3)4)14-8-6-10-16-15(14)9-7-11-17(16)19/h6-11,13,19H,5,12H2,1-4H3. The van der Waals surface area contributed by atoms with Crippen LogP contribution in [0, 0.1) is 5.41 Å². The quantitative estimate of drug-likeness (QED) is 0.771. The molecule has 1 heteroatoms. The third kappa shape index (κ3) is 3.09. The van der Waals surface area contributed by atoms with Crippen LogP contribution in [0.15, 0.2) is 36.4 Å². The Kier molecular flexibility index (Phi) is 3.84. The molecule has 0 amide bonds. The Labute approximate surface area is 116 Å². The van der Waals surface area contributed by atoms with Crippen molar-refractivity contribution in [1.29, 1.82) is 0 Å². The van der Waals surface area contributed by atoms with Crippen LogP contribution >= 0.6 is 0 Å². The molecule has 0 aliphatic carbocycles. The molecule has 102 valence electrons. The molecule has 0 fully saturated rings. The van der Waals surface area contributed by atoms with Gasteiger partial charge in [-0.15, -0.1) is 0 Å². The molecule has 0 aliphatic heterocycles. The summed E-state index contributed by atoms with van der Waals surface area (Å²) < 4.78 is 0. The van der Waals surface area contributed by atoms with Crippen molar-refractivity contribution >= 4 is 10.8 Å². The van der Waals surface area contributed by atoms with E-state index in [2.05, 4.69) is 45.9 Å². The van der Waals surface area contributed by atoms with Gasteiger partial charge in [-0.05, 0) is 41.2 Å². The SMILES string of the molecule is CCC(CC(C)(C)C)c1cccc2c(O)cccc12. The summed E-state index contributed by atoms with van der Waals surface area (Å²) in [7, 11) is 0. The van der Waals surface area contributed by atoms with Crippen molar-refractivity contribution < 1.29 is 5.11 Å². The number of hydrogen-bond acceptors (Lipinski definition) is 1. The fourth-order valence-corrected chi connectivity index (χ4v) is 2.89. The topological polar surface area (TPSA) is 20.2 Å². The minimum absolute atomic E-state index is 0.319. The van der Waals surface area contributed by atoms with Crippen LogP contribution in [-0.2, 0) is 0 Å². The molecule has 2 aromatic carbocycles. The summed E-state index contributed by atoms with van der Waals surface area (Å²) in [6.45, 7) is 9.12. The minimum Gasteiger partial charge on any atom is -0.507 e. The van der Waals surface area contributed by atoms with Crippen molar-refractivity contribution in [1.82, 2.24) is 0 Å². The lowest BCUT2D eigenvalue weighted by Gasteiger charge is -2.26. The molecule has 2 rings (SSSR count). The van der Waals surface area contributed by atoms with Gasteiger partial charge < -0.3 is 5.11 Å². The van der Waals surface area contributed by atoms with Crippen molar-refractivity contribution in [3.05, 3.63) is 42.0 Å². The first-order valence-electron chi connectivity index (χ1n) is 7.13. The average molecular weight is 256 g/mol. The Balaban J connectivity index is 2.52. The van der Waals surface area contributed by atoms with Gasteiger partial charge in [0.15, 0.2) is 0 Å². The van der Waals surface area contributed by atoms with Gasteiger partial charge in [0.25, 0.3) is 0 Å². The second kappa shape index (κ2) is 5.24. The summed E-state index contributed by atoms with van der Waals surface area (Å²) in [6.07, 6.45) is 2.30. The van der Waals surface area contributed by atoms with Crippen LogP contribution in [0.5, 0.6) is 5.75 Å². The Hall–Kier alpha value is -1.50. The molecule has 0 bridgehead atoms. The molecule has 0 saturated heterocycles. The number of rotatable bonds is 3. The Morgan fingerprint density at radius 3 is 2.26 bits per heavy atom. The lowest BCUT2D eigenvalue weighted by atomic mass is 9.79. The molecule has 1 N–H and O–H groups in total. The smallest absolute Gasteiger partial charge is 0.123 e. The van der Waals surface area contributed by atoms with Crippen molar-refractivity contribution in [3.8, 4) is 5.75 Å². The molecule has 1 nitrogen and oxygen atoms in total. The van der Waals surface area contributed by atoms with Crippen molar-refractivity contribution in [3.63, 3.8) is 0 Å². The number of aromatic hydroxyl groups is 1. The predicted molar refractivity (Wildman–Crippen MR) is 82.7 cm³/mol. The highest BCUT2D eigenvalue weighted by atomic mass is 16.3. The molecule has 2 aromatic rings. The minimum atomic E-state index is 0.319. The van der Waals surface area contributed by atoms with E-state index in [0.29, 0.717) is 17.1 Å². The molecule has 1 atom stereocenters. The first-order valence-corrected chi connectivity index (χ1v) is 7.13.